The van der Waals surface area contributed by atoms with Crippen LogP contribution < -0.4 is 0 Å². The molecule has 10 nitrogen and oxygen atoms in total. The van der Waals surface area contributed by atoms with E-state index in [2.05, 4.69) is 4.90 Å². The Kier molecular flexibility index (Phi) is 9.59. The van der Waals surface area contributed by atoms with Crippen molar-refractivity contribution >= 4 is 22.0 Å². The highest BCUT2D eigenvalue weighted by atomic mass is 32.2. The van der Waals surface area contributed by atoms with Crippen molar-refractivity contribution < 1.29 is 32.2 Å². The largest absolute Gasteiger partial charge is 0.463 e. The topological polar surface area (TPSA) is 106 Å². The molecule has 2 heterocycles. The number of hydrogen-bond donors (Lipinski definition) is 0. The molecule has 0 N–H and O–H groups in total. The minimum Gasteiger partial charge on any atom is -0.463 e. The quantitative estimate of drug-likeness (QED) is 0.437. The molecule has 0 spiro atoms. The molecule has 2 saturated heterocycles. The fraction of sp³-hybridized carbons (Fsp3) is 0.840. The monoisotopic (exact) mass is 529 g/mol. The van der Waals surface area contributed by atoms with Crippen LogP contribution in [0.5, 0.6) is 0 Å². The van der Waals surface area contributed by atoms with Crippen molar-refractivity contribution in [3.63, 3.8) is 0 Å². The van der Waals surface area contributed by atoms with Gasteiger partial charge in [0.15, 0.2) is 0 Å². The summed E-state index contributed by atoms with van der Waals surface area (Å²) in [5, 5.41) is 0. The maximum absolute atomic E-state index is 14.0. The molecule has 11 heteroatoms. The molecular formula is C25H43N3O7S. The van der Waals surface area contributed by atoms with E-state index in [1.165, 1.54) is 10.6 Å². The standard InChI is InChI=1S/C25H43N3O7S/c1-6-33-22(29)20-10-12-21(13-11-20)34-25(26-14-7-8-15-26,23(30)35-24(2,3)4)27-16-9-17-28(19-18-27)36(5,31)32/h10,21H,6-9,11-19H2,1-5H3/t21-,25?/m1/s1. The van der Waals surface area contributed by atoms with Crippen LogP contribution in [0.1, 0.15) is 66.2 Å². The van der Waals surface area contributed by atoms with Gasteiger partial charge in [0.05, 0.1) is 19.0 Å². The molecule has 0 bridgehead atoms. The minimum absolute atomic E-state index is 0.276. The zero-order valence-corrected chi connectivity index (χ0v) is 23.3. The van der Waals surface area contributed by atoms with Crippen molar-refractivity contribution in [1.82, 2.24) is 14.1 Å². The second-order valence-corrected chi connectivity index (χ2v) is 12.8. The molecule has 0 aromatic carbocycles. The molecule has 0 saturated carbocycles. The lowest BCUT2D eigenvalue weighted by molar-refractivity contribution is -0.274. The van der Waals surface area contributed by atoms with Crippen LogP contribution in [-0.4, -0.2) is 104 Å². The summed E-state index contributed by atoms with van der Waals surface area (Å²) >= 11 is 0. The van der Waals surface area contributed by atoms with Gasteiger partial charge in [-0.25, -0.2) is 22.3 Å². The molecule has 3 aliphatic rings. The van der Waals surface area contributed by atoms with Gasteiger partial charge in [-0.2, -0.15) is 0 Å². The van der Waals surface area contributed by atoms with E-state index in [0.717, 1.165) is 12.8 Å². The zero-order valence-electron chi connectivity index (χ0n) is 22.5. The first kappa shape index (κ1) is 29.0. The van der Waals surface area contributed by atoms with Gasteiger partial charge in [0.25, 0.3) is 5.85 Å². The van der Waals surface area contributed by atoms with Crippen LogP contribution in [0.15, 0.2) is 11.6 Å². The predicted octanol–water partition coefficient (Wildman–Crippen LogP) is 2.10. The summed E-state index contributed by atoms with van der Waals surface area (Å²) in [5.74, 6) is -2.23. The highest BCUT2D eigenvalue weighted by Crippen LogP contribution is 2.35. The smallest absolute Gasteiger partial charge is 0.371 e. The second kappa shape index (κ2) is 11.9. The molecule has 0 aromatic heterocycles. The summed E-state index contributed by atoms with van der Waals surface area (Å²) in [6.45, 7) is 10.5. The Morgan fingerprint density at radius 3 is 2.19 bits per heavy atom. The molecule has 2 atom stereocenters. The van der Waals surface area contributed by atoms with E-state index >= 15 is 0 Å². The number of rotatable bonds is 8. The highest BCUT2D eigenvalue weighted by Gasteiger charge is 2.55. The number of sulfonamides is 1. The van der Waals surface area contributed by atoms with Crippen LogP contribution in [-0.2, 0) is 33.8 Å². The lowest BCUT2D eigenvalue weighted by Gasteiger charge is -2.48. The Hall–Kier alpha value is -1.53. The number of hydrogen-bond acceptors (Lipinski definition) is 9. The lowest BCUT2D eigenvalue weighted by atomic mass is 9.97. The molecule has 2 aliphatic heterocycles. The molecular weight excluding hydrogens is 486 g/mol. The average molecular weight is 530 g/mol. The first-order chi connectivity index (χ1) is 16.9. The van der Waals surface area contributed by atoms with Gasteiger partial charge in [-0.05, 0) is 66.2 Å². The molecule has 0 amide bonds. The maximum atomic E-state index is 14.0. The highest BCUT2D eigenvalue weighted by molar-refractivity contribution is 7.88. The van der Waals surface area contributed by atoms with Gasteiger partial charge in [0, 0.05) is 44.8 Å². The van der Waals surface area contributed by atoms with Crippen molar-refractivity contribution in [2.45, 2.75) is 83.8 Å². The summed E-state index contributed by atoms with van der Waals surface area (Å²) in [4.78, 5) is 30.3. The van der Waals surface area contributed by atoms with E-state index in [0.29, 0.717) is 70.6 Å². The van der Waals surface area contributed by atoms with Gasteiger partial charge in [0.2, 0.25) is 10.0 Å². The number of likely N-dealkylation sites (tertiary alicyclic amines) is 1. The molecule has 206 valence electrons. The zero-order chi connectivity index (χ0) is 26.6. The summed E-state index contributed by atoms with van der Waals surface area (Å²) in [5.41, 5.74) is -0.0844. The van der Waals surface area contributed by atoms with Crippen molar-refractivity contribution in [3.8, 4) is 0 Å². The van der Waals surface area contributed by atoms with Gasteiger partial charge in [0.1, 0.15) is 5.60 Å². The van der Waals surface area contributed by atoms with Crippen LogP contribution in [0.25, 0.3) is 0 Å². The number of nitrogens with zero attached hydrogens (tertiary/aromatic N) is 3. The van der Waals surface area contributed by atoms with E-state index < -0.39 is 27.4 Å². The lowest BCUT2D eigenvalue weighted by Crippen LogP contribution is -2.69. The molecule has 0 aromatic rings. The Bertz CT molecular complexity index is 924. The van der Waals surface area contributed by atoms with Crippen LogP contribution in [0.3, 0.4) is 0 Å². The SMILES string of the molecule is CCOC(=O)C1=CC[C@@H](OC(C(=O)OC(C)(C)C)(N2CCCC2)N2CCCN(S(C)(=O)=O)CC2)CC1. The van der Waals surface area contributed by atoms with E-state index in [4.69, 9.17) is 14.2 Å². The fourth-order valence-electron chi connectivity index (χ4n) is 5.11. The number of carbonyl (C=O) groups excluding carboxylic acids is 2. The van der Waals surface area contributed by atoms with E-state index in [-0.39, 0.29) is 18.6 Å². The van der Waals surface area contributed by atoms with Crippen LogP contribution >= 0.6 is 0 Å². The van der Waals surface area contributed by atoms with Crippen molar-refractivity contribution in [2.75, 3.05) is 52.1 Å². The first-order valence-electron chi connectivity index (χ1n) is 13.1. The molecule has 1 unspecified atom stereocenters. The third-order valence-electron chi connectivity index (χ3n) is 6.78. The number of ether oxygens (including phenoxy) is 3. The van der Waals surface area contributed by atoms with E-state index in [1.54, 1.807) is 6.92 Å². The van der Waals surface area contributed by atoms with Gasteiger partial charge in [-0.3, -0.25) is 9.80 Å². The van der Waals surface area contributed by atoms with Crippen LogP contribution in [0, 0.1) is 0 Å². The van der Waals surface area contributed by atoms with Gasteiger partial charge >= 0.3 is 11.9 Å². The second-order valence-electron chi connectivity index (χ2n) is 10.8. The molecule has 36 heavy (non-hydrogen) atoms. The van der Waals surface area contributed by atoms with E-state index in [9.17, 15) is 18.0 Å². The van der Waals surface area contributed by atoms with Gasteiger partial charge < -0.3 is 14.2 Å². The first-order valence-corrected chi connectivity index (χ1v) is 14.9. The summed E-state index contributed by atoms with van der Waals surface area (Å²) in [7, 11) is -3.35. The third kappa shape index (κ3) is 7.06. The number of esters is 2. The van der Waals surface area contributed by atoms with Crippen molar-refractivity contribution in [1.29, 1.82) is 0 Å². The third-order valence-corrected chi connectivity index (χ3v) is 8.09. The Morgan fingerprint density at radius 1 is 1.00 bits per heavy atom. The minimum atomic E-state index is -3.35. The van der Waals surface area contributed by atoms with Gasteiger partial charge in [-0.15, -0.1) is 0 Å². The average Bonchev–Trinajstić information content (AvgIpc) is 3.20. The Labute approximate surface area is 215 Å². The molecule has 0 radical (unpaired) electrons. The Balaban J connectivity index is 1.94. The Morgan fingerprint density at radius 2 is 1.64 bits per heavy atom. The van der Waals surface area contributed by atoms with Gasteiger partial charge in [-0.1, -0.05) is 6.08 Å². The van der Waals surface area contributed by atoms with Crippen LogP contribution in [0.2, 0.25) is 0 Å². The molecule has 3 rings (SSSR count). The molecule has 2 fully saturated rings. The van der Waals surface area contributed by atoms with Crippen molar-refractivity contribution in [3.05, 3.63) is 11.6 Å². The fourth-order valence-corrected chi connectivity index (χ4v) is 5.98. The summed E-state index contributed by atoms with van der Waals surface area (Å²) in [6.07, 6.45) is 6.79. The van der Waals surface area contributed by atoms with Crippen molar-refractivity contribution in [2.24, 2.45) is 0 Å². The predicted molar refractivity (Wildman–Crippen MR) is 135 cm³/mol. The summed E-state index contributed by atoms with van der Waals surface area (Å²) in [6, 6.07) is 0. The number of carbonyl (C=O) groups is 2. The van der Waals surface area contributed by atoms with E-state index in [1.807, 2.05) is 31.7 Å². The van der Waals surface area contributed by atoms with Crippen LogP contribution in [0.4, 0.5) is 0 Å². The molecule has 1 aliphatic carbocycles. The summed E-state index contributed by atoms with van der Waals surface area (Å²) < 4.78 is 43.9. The normalized spacial score (nSPS) is 25.0. The maximum Gasteiger partial charge on any atom is 0.371 e.